The average molecular weight is 320 g/mol. The first-order valence-corrected chi connectivity index (χ1v) is 7.75. The lowest BCUT2D eigenvalue weighted by molar-refractivity contribution is 0.0854. The summed E-state index contributed by atoms with van der Waals surface area (Å²) in [6, 6.07) is 0.908. The third-order valence-corrected chi connectivity index (χ3v) is 4.01. The molecule has 1 aliphatic heterocycles. The second kappa shape index (κ2) is 6.04. The van der Waals surface area contributed by atoms with Gasteiger partial charge in [0.2, 0.25) is 10.0 Å². The van der Waals surface area contributed by atoms with Gasteiger partial charge in [-0.15, -0.1) is 0 Å². The van der Waals surface area contributed by atoms with Crippen LogP contribution in [0.15, 0.2) is 17.0 Å². The number of ether oxygens (including phenoxy) is 1. The van der Waals surface area contributed by atoms with Crippen molar-refractivity contribution < 1.29 is 26.7 Å². The molecule has 116 valence electrons. The maximum atomic E-state index is 13.6. The smallest absolute Gasteiger partial charge is 0.254 e. The van der Waals surface area contributed by atoms with Gasteiger partial charge in [-0.05, 0) is 18.9 Å². The maximum absolute atomic E-state index is 13.6. The van der Waals surface area contributed by atoms with Gasteiger partial charge in [-0.2, -0.15) is 0 Å². The van der Waals surface area contributed by atoms with Crippen molar-refractivity contribution in [3.8, 4) is 0 Å². The van der Waals surface area contributed by atoms with E-state index in [0.717, 1.165) is 12.8 Å². The first kappa shape index (κ1) is 15.8. The van der Waals surface area contributed by atoms with Crippen LogP contribution < -0.4 is 10.5 Å². The molecule has 9 heteroatoms. The second-order valence-corrected chi connectivity index (χ2v) is 6.18. The minimum absolute atomic E-state index is 0.157. The van der Waals surface area contributed by atoms with Crippen LogP contribution >= 0.6 is 0 Å². The molecule has 6 nitrogen and oxygen atoms in total. The number of nitrogens with one attached hydrogen (secondary N) is 1. The van der Waals surface area contributed by atoms with Gasteiger partial charge < -0.3 is 10.1 Å². The first-order valence-electron chi connectivity index (χ1n) is 6.20. The molecule has 0 saturated carbocycles. The van der Waals surface area contributed by atoms with Gasteiger partial charge in [0.1, 0.15) is 16.5 Å². The molecule has 1 heterocycles. The summed E-state index contributed by atoms with van der Waals surface area (Å²) < 4.78 is 54.6. The highest BCUT2D eigenvalue weighted by molar-refractivity contribution is 7.89. The van der Waals surface area contributed by atoms with E-state index in [1.165, 1.54) is 0 Å². The molecule has 0 aliphatic carbocycles. The molecule has 0 spiro atoms. The Kier molecular flexibility index (Phi) is 4.55. The zero-order valence-electron chi connectivity index (χ0n) is 10.9. The topological polar surface area (TPSA) is 98.5 Å². The molecule has 0 aromatic heterocycles. The molecule has 1 saturated heterocycles. The van der Waals surface area contributed by atoms with Crippen LogP contribution in [-0.4, -0.2) is 33.6 Å². The monoisotopic (exact) mass is 320 g/mol. The number of carbonyl (C=O) groups excluding carboxylic acids is 1. The number of nitrogens with two attached hydrogens (primary N) is 1. The number of carbonyl (C=O) groups is 1. The quantitative estimate of drug-likeness (QED) is 0.845. The predicted molar refractivity (Wildman–Crippen MR) is 69.0 cm³/mol. The highest BCUT2D eigenvalue weighted by Crippen LogP contribution is 2.19. The van der Waals surface area contributed by atoms with Crippen LogP contribution in [0.2, 0.25) is 0 Å². The molecule has 1 aliphatic rings. The van der Waals surface area contributed by atoms with Crippen LogP contribution in [0.4, 0.5) is 8.78 Å². The summed E-state index contributed by atoms with van der Waals surface area (Å²) >= 11 is 0. The number of amides is 1. The number of sulfonamides is 1. The van der Waals surface area contributed by atoms with E-state index in [1.807, 2.05) is 0 Å². The molecular weight excluding hydrogens is 306 g/mol. The largest absolute Gasteiger partial charge is 0.376 e. The summed E-state index contributed by atoms with van der Waals surface area (Å²) in [5.74, 6) is -3.36. The van der Waals surface area contributed by atoms with Crippen LogP contribution in [0.1, 0.15) is 23.2 Å². The molecule has 2 rings (SSSR count). The van der Waals surface area contributed by atoms with E-state index in [-0.39, 0.29) is 12.6 Å². The summed E-state index contributed by atoms with van der Waals surface area (Å²) in [6.07, 6.45) is 1.49. The molecule has 1 aromatic carbocycles. The van der Waals surface area contributed by atoms with E-state index in [9.17, 15) is 22.0 Å². The summed E-state index contributed by atoms with van der Waals surface area (Å²) in [7, 11) is -4.38. The number of benzene rings is 1. The lowest BCUT2D eigenvalue weighted by Crippen LogP contribution is -2.32. The molecule has 1 amide bonds. The van der Waals surface area contributed by atoms with Gasteiger partial charge in [0.25, 0.3) is 5.91 Å². The molecule has 1 unspecified atom stereocenters. The van der Waals surface area contributed by atoms with Gasteiger partial charge in [-0.25, -0.2) is 22.3 Å². The highest BCUT2D eigenvalue weighted by atomic mass is 32.2. The Morgan fingerprint density at radius 2 is 2.10 bits per heavy atom. The molecule has 1 aromatic rings. The fourth-order valence-electron chi connectivity index (χ4n) is 2.03. The number of hydrogen-bond donors (Lipinski definition) is 2. The first-order chi connectivity index (χ1) is 9.79. The fourth-order valence-corrected chi connectivity index (χ4v) is 2.64. The van der Waals surface area contributed by atoms with Crippen molar-refractivity contribution >= 4 is 15.9 Å². The van der Waals surface area contributed by atoms with Crippen molar-refractivity contribution in [1.82, 2.24) is 5.32 Å². The van der Waals surface area contributed by atoms with E-state index in [1.54, 1.807) is 0 Å². The van der Waals surface area contributed by atoms with Crippen molar-refractivity contribution in [2.75, 3.05) is 13.2 Å². The van der Waals surface area contributed by atoms with Crippen LogP contribution in [0.5, 0.6) is 0 Å². The fraction of sp³-hybridized carbons (Fsp3) is 0.417. The lowest BCUT2D eigenvalue weighted by atomic mass is 10.2. The Hall–Kier alpha value is -1.58. The number of halogens is 2. The standard InChI is InChI=1S/C12H14F2N2O4S/c13-9-5-10(14)11(21(15,18)19)4-8(9)12(17)16-6-7-2-1-3-20-7/h4-5,7H,1-3,6H2,(H,16,17)(H2,15,18,19). The van der Waals surface area contributed by atoms with Crippen LogP contribution in [0.3, 0.4) is 0 Å². The molecule has 21 heavy (non-hydrogen) atoms. The maximum Gasteiger partial charge on any atom is 0.254 e. The molecule has 1 fully saturated rings. The van der Waals surface area contributed by atoms with Gasteiger partial charge in [-0.1, -0.05) is 0 Å². The zero-order chi connectivity index (χ0) is 15.6. The summed E-state index contributed by atoms with van der Waals surface area (Å²) in [4.78, 5) is 10.9. The van der Waals surface area contributed by atoms with Gasteiger partial charge in [0.05, 0.1) is 11.7 Å². The third kappa shape index (κ3) is 3.74. The molecule has 0 radical (unpaired) electrons. The second-order valence-electron chi connectivity index (χ2n) is 4.65. The van der Waals surface area contributed by atoms with Crippen LogP contribution in [0, 0.1) is 11.6 Å². The Morgan fingerprint density at radius 1 is 1.38 bits per heavy atom. The Labute approximate surface area is 120 Å². The molecular formula is C12H14F2N2O4S. The van der Waals surface area contributed by atoms with Gasteiger partial charge in [0, 0.05) is 19.2 Å². The van der Waals surface area contributed by atoms with Crippen molar-refractivity contribution in [3.05, 3.63) is 29.3 Å². The van der Waals surface area contributed by atoms with E-state index in [0.29, 0.717) is 18.7 Å². The van der Waals surface area contributed by atoms with E-state index < -0.39 is 38.0 Å². The number of hydrogen-bond acceptors (Lipinski definition) is 4. The minimum atomic E-state index is -4.38. The zero-order valence-corrected chi connectivity index (χ0v) is 11.8. The van der Waals surface area contributed by atoms with Gasteiger partial charge >= 0.3 is 0 Å². The Morgan fingerprint density at radius 3 is 2.67 bits per heavy atom. The number of rotatable bonds is 4. The van der Waals surface area contributed by atoms with E-state index in [4.69, 9.17) is 9.88 Å². The van der Waals surface area contributed by atoms with Crippen molar-refractivity contribution in [1.29, 1.82) is 0 Å². The van der Waals surface area contributed by atoms with Crippen LogP contribution in [0.25, 0.3) is 0 Å². The number of primary sulfonamides is 1. The minimum Gasteiger partial charge on any atom is -0.376 e. The van der Waals surface area contributed by atoms with Gasteiger partial charge in [0.15, 0.2) is 0 Å². The molecule has 3 N–H and O–H groups in total. The van der Waals surface area contributed by atoms with E-state index >= 15 is 0 Å². The summed E-state index contributed by atoms with van der Waals surface area (Å²) in [5.41, 5.74) is -0.585. The summed E-state index contributed by atoms with van der Waals surface area (Å²) in [5, 5.41) is 7.23. The van der Waals surface area contributed by atoms with Crippen molar-refractivity contribution in [2.45, 2.75) is 23.8 Å². The Bertz CT molecular complexity index is 657. The SMILES string of the molecule is NS(=O)(=O)c1cc(C(=O)NCC2CCCO2)c(F)cc1F. The van der Waals surface area contributed by atoms with Crippen molar-refractivity contribution in [3.63, 3.8) is 0 Å². The predicted octanol–water partition coefficient (Wildman–Crippen LogP) is 0.521. The van der Waals surface area contributed by atoms with Crippen molar-refractivity contribution in [2.24, 2.45) is 5.14 Å². The highest BCUT2D eigenvalue weighted by Gasteiger charge is 2.23. The van der Waals surface area contributed by atoms with Crippen LogP contribution in [-0.2, 0) is 14.8 Å². The molecule has 1 atom stereocenters. The average Bonchev–Trinajstić information content (AvgIpc) is 2.87. The third-order valence-electron chi connectivity index (χ3n) is 3.09. The summed E-state index contributed by atoms with van der Waals surface area (Å²) in [6.45, 7) is 0.765. The lowest BCUT2D eigenvalue weighted by Gasteiger charge is -2.12. The molecule has 0 bridgehead atoms. The van der Waals surface area contributed by atoms with E-state index in [2.05, 4.69) is 5.32 Å². The normalized spacial score (nSPS) is 18.7. The Balaban J connectivity index is 2.20. The van der Waals surface area contributed by atoms with Gasteiger partial charge in [-0.3, -0.25) is 4.79 Å².